The van der Waals surface area contributed by atoms with Gasteiger partial charge in [-0.05, 0) is 24.6 Å². The molecule has 0 saturated heterocycles. The summed E-state index contributed by atoms with van der Waals surface area (Å²) < 4.78 is 26.1. The van der Waals surface area contributed by atoms with Gasteiger partial charge in [0.05, 0.1) is 6.04 Å². The Kier molecular flexibility index (Phi) is 2.57. The average Bonchev–Trinajstić information content (AvgIpc) is 2.19. The first-order valence-corrected chi connectivity index (χ1v) is 4.65. The van der Waals surface area contributed by atoms with E-state index < -0.39 is 12.0 Å². The van der Waals surface area contributed by atoms with Crippen LogP contribution in [0.2, 0.25) is 0 Å². The molecule has 0 fully saturated rings. The Morgan fingerprint density at radius 2 is 2.29 bits per heavy atom. The number of allylic oxidation sites excluding steroid dienone is 4. The van der Waals surface area contributed by atoms with Gasteiger partial charge in [-0.2, -0.15) is 0 Å². The van der Waals surface area contributed by atoms with Gasteiger partial charge < -0.3 is 0 Å². The van der Waals surface area contributed by atoms with Gasteiger partial charge in [0.1, 0.15) is 12.0 Å². The van der Waals surface area contributed by atoms with Gasteiger partial charge in [0.25, 0.3) is 0 Å². The van der Waals surface area contributed by atoms with Crippen LogP contribution in [0.3, 0.4) is 0 Å². The van der Waals surface area contributed by atoms with E-state index in [2.05, 4.69) is 4.99 Å². The van der Waals surface area contributed by atoms with Crippen LogP contribution < -0.4 is 0 Å². The van der Waals surface area contributed by atoms with Crippen molar-refractivity contribution in [2.45, 2.75) is 18.6 Å². The fraction of sp³-hybridized carbons (Fsp3) is 0.364. The van der Waals surface area contributed by atoms with E-state index in [0.29, 0.717) is 0 Å². The molecule has 0 amide bonds. The minimum Gasteiger partial charge on any atom is -0.289 e. The average molecular weight is 195 g/mol. The number of aliphatic imine (C=N–C) groups is 1. The van der Waals surface area contributed by atoms with E-state index in [-0.39, 0.29) is 12.0 Å². The van der Waals surface area contributed by atoms with Crippen LogP contribution >= 0.6 is 0 Å². The molecule has 0 aromatic carbocycles. The topological polar surface area (TPSA) is 12.4 Å². The smallest absolute Gasteiger partial charge is 0.130 e. The van der Waals surface area contributed by atoms with E-state index in [4.69, 9.17) is 0 Å². The van der Waals surface area contributed by atoms with Gasteiger partial charge >= 0.3 is 0 Å². The fourth-order valence-electron chi connectivity index (χ4n) is 1.72. The molecule has 1 aliphatic heterocycles. The number of hydrogen-bond donors (Lipinski definition) is 0. The summed E-state index contributed by atoms with van der Waals surface area (Å²) in [5.74, 6) is -0.820. The van der Waals surface area contributed by atoms with Gasteiger partial charge in [-0.25, -0.2) is 8.78 Å². The van der Waals surface area contributed by atoms with E-state index in [1.807, 2.05) is 12.2 Å². The van der Waals surface area contributed by atoms with Gasteiger partial charge in [-0.1, -0.05) is 12.2 Å². The Labute approximate surface area is 81.5 Å². The lowest BCUT2D eigenvalue weighted by molar-refractivity contribution is 0.280. The molecule has 74 valence electrons. The molecule has 0 radical (unpaired) electrons. The van der Waals surface area contributed by atoms with Crippen molar-refractivity contribution in [1.29, 1.82) is 0 Å². The van der Waals surface area contributed by atoms with Gasteiger partial charge in [-0.3, -0.25) is 4.99 Å². The molecule has 1 aliphatic carbocycles. The van der Waals surface area contributed by atoms with Gasteiger partial charge in [0, 0.05) is 12.1 Å². The Bertz CT molecular complexity index is 328. The molecule has 0 spiro atoms. The molecular weight excluding hydrogens is 184 g/mol. The number of alkyl halides is 1. The van der Waals surface area contributed by atoms with Crippen LogP contribution in [0.4, 0.5) is 8.78 Å². The minimum atomic E-state index is -1.26. The summed E-state index contributed by atoms with van der Waals surface area (Å²) in [5, 5.41) is 0. The first kappa shape index (κ1) is 9.31. The molecule has 0 bridgehead atoms. The van der Waals surface area contributed by atoms with Crippen molar-refractivity contribution in [1.82, 2.24) is 0 Å². The first-order chi connectivity index (χ1) is 6.77. The quantitative estimate of drug-likeness (QED) is 0.610. The van der Waals surface area contributed by atoms with E-state index in [9.17, 15) is 8.78 Å². The van der Waals surface area contributed by atoms with E-state index in [1.54, 1.807) is 12.3 Å². The van der Waals surface area contributed by atoms with Crippen LogP contribution in [-0.2, 0) is 0 Å². The second-order valence-corrected chi connectivity index (χ2v) is 3.46. The molecule has 0 saturated carbocycles. The molecule has 1 nitrogen and oxygen atoms in total. The Morgan fingerprint density at radius 3 is 2.93 bits per heavy atom. The number of halogens is 2. The normalized spacial score (nSPS) is 35.9. The molecule has 0 aromatic heterocycles. The summed E-state index contributed by atoms with van der Waals surface area (Å²) in [5.41, 5.74) is 0. The van der Waals surface area contributed by atoms with Crippen molar-refractivity contribution in [3.8, 4) is 0 Å². The van der Waals surface area contributed by atoms with Crippen molar-refractivity contribution < 1.29 is 8.78 Å². The zero-order valence-corrected chi connectivity index (χ0v) is 7.61. The van der Waals surface area contributed by atoms with Crippen LogP contribution in [0, 0.1) is 5.92 Å². The first-order valence-electron chi connectivity index (χ1n) is 4.65. The number of hydrogen-bond acceptors (Lipinski definition) is 1. The van der Waals surface area contributed by atoms with E-state index in [0.717, 1.165) is 12.5 Å². The highest BCUT2D eigenvalue weighted by Gasteiger charge is 2.28. The number of dihydropyridines is 1. The Hall–Kier alpha value is -1.25. The second-order valence-electron chi connectivity index (χ2n) is 3.46. The van der Waals surface area contributed by atoms with Crippen LogP contribution in [0.15, 0.2) is 41.2 Å². The van der Waals surface area contributed by atoms with Crippen molar-refractivity contribution in [3.05, 3.63) is 36.2 Å². The van der Waals surface area contributed by atoms with E-state index in [1.165, 1.54) is 6.08 Å². The summed E-state index contributed by atoms with van der Waals surface area (Å²) >= 11 is 0. The molecule has 3 unspecified atom stereocenters. The SMILES string of the molecule is FC1=CC(F)C(C2CC=CC=N2)C=C1. The molecule has 0 N–H and O–H groups in total. The summed E-state index contributed by atoms with van der Waals surface area (Å²) in [6.45, 7) is 0. The largest absolute Gasteiger partial charge is 0.289 e. The zero-order valence-electron chi connectivity index (χ0n) is 7.61. The van der Waals surface area contributed by atoms with Crippen molar-refractivity contribution in [3.63, 3.8) is 0 Å². The predicted molar refractivity (Wildman–Crippen MR) is 52.8 cm³/mol. The molecule has 14 heavy (non-hydrogen) atoms. The molecule has 1 heterocycles. The fourth-order valence-corrected chi connectivity index (χ4v) is 1.72. The molecule has 2 rings (SSSR count). The minimum absolute atomic E-state index is 0.0874. The maximum atomic E-state index is 13.4. The van der Waals surface area contributed by atoms with Crippen molar-refractivity contribution in [2.75, 3.05) is 0 Å². The van der Waals surface area contributed by atoms with Crippen LogP contribution in [0.25, 0.3) is 0 Å². The van der Waals surface area contributed by atoms with Crippen LogP contribution in [0.1, 0.15) is 6.42 Å². The molecule has 3 atom stereocenters. The van der Waals surface area contributed by atoms with Crippen molar-refractivity contribution in [2.24, 2.45) is 10.9 Å². The third kappa shape index (κ3) is 1.81. The molecule has 3 heteroatoms. The third-order valence-corrected chi connectivity index (χ3v) is 2.49. The lowest BCUT2D eigenvalue weighted by Crippen LogP contribution is -2.27. The van der Waals surface area contributed by atoms with Crippen LogP contribution in [-0.4, -0.2) is 18.4 Å². The summed E-state index contributed by atoms with van der Waals surface area (Å²) in [6, 6.07) is -0.0874. The van der Waals surface area contributed by atoms with Gasteiger partial charge in [-0.15, -0.1) is 0 Å². The molecule has 0 aromatic rings. The van der Waals surface area contributed by atoms with Crippen LogP contribution in [0.5, 0.6) is 0 Å². The highest BCUT2D eigenvalue weighted by Crippen LogP contribution is 2.27. The second kappa shape index (κ2) is 3.86. The third-order valence-electron chi connectivity index (χ3n) is 2.49. The summed E-state index contributed by atoms with van der Waals surface area (Å²) in [6.07, 6.45) is 8.83. The maximum Gasteiger partial charge on any atom is 0.130 e. The Balaban J connectivity index is 2.09. The summed E-state index contributed by atoms with van der Waals surface area (Å²) in [7, 11) is 0. The zero-order chi connectivity index (χ0) is 9.97. The standard InChI is InChI=1S/C11H11F2N/c12-8-4-5-9(10(13)7-8)11-3-1-2-6-14-11/h1-2,4-7,9-11H,3H2. The highest BCUT2D eigenvalue weighted by molar-refractivity contribution is 5.72. The Morgan fingerprint density at radius 1 is 1.43 bits per heavy atom. The van der Waals surface area contributed by atoms with E-state index >= 15 is 0 Å². The lowest BCUT2D eigenvalue weighted by Gasteiger charge is -2.24. The maximum absolute atomic E-state index is 13.4. The van der Waals surface area contributed by atoms with Gasteiger partial charge in [0.15, 0.2) is 0 Å². The summed E-state index contributed by atoms with van der Waals surface area (Å²) in [4.78, 5) is 4.17. The number of nitrogens with zero attached hydrogens (tertiary/aromatic N) is 1. The lowest BCUT2D eigenvalue weighted by atomic mass is 9.88. The highest BCUT2D eigenvalue weighted by atomic mass is 19.1. The number of rotatable bonds is 1. The predicted octanol–water partition coefficient (Wildman–Crippen LogP) is 2.76. The monoisotopic (exact) mass is 195 g/mol. The van der Waals surface area contributed by atoms with Gasteiger partial charge in [0.2, 0.25) is 0 Å². The molecule has 2 aliphatic rings. The molecular formula is C11H11F2N. The van der Waals surface area contributed by atoms with Crippen molar-refractivity contribution >= 4 is 6.21 Å².